The van der Waals surface area contributed by atoms with E-state index >= 15 is 0 Å². The summed E-state index contributed by atoms with van der Waals surface area (Å²) >= 11 is 0. The molecule has 6 N–H and O–H groups in total. The molecule has 0 spiro atoms. The lowest BCUT2D eigenvalue weighted by molar-refractivity contribution is -0.302. The number of carbonyl (C=O) groups excluding carboxylic acids is 1. The Morgan fingerprint density at radius 3 is 1.14 bits per heavy atom. The number of unbranched alkanes of at least 4 members (excludes halogenated alkanes) is 31. The Morgan fingerprint density at radius 1 is 0.417 bits per heavy atom. The van der Waals surface area contributed by atoms with Gasteiger partial charge >= 0.3 is 0 Å². The van der Waals surface area contributed by atoms with E-state index < -0.39 is 49.5 Å². The van der Waals surface area contributed by atoms with Gasteiger partial charge in [-0.2, -0.15) is 0 Å². The normalized spacial score (nSPS) is 19.0. The number of hydrogen-bond acceptors (Lipinski definition) is 8. The van der Waals surface area contributed by atoms with Crippen LogP contribution in [0.4, 0.5) is 0 Å². The predicted molar refractivity (Wildman–Crippen MR) is 359 cm³/mol. The summed E-state index contributed by atoms with van der Waals surface area (Å²) in [6, 6.07) is -0.847. The summed E-state index contributed by atoms with van der Waals surface area (Å²) in [5.74, 6) is -0.213. The Morgan fingerprint density at radius 2 is 0.750 bits per heavy atom. The SMILES string of the molecule is CC/C=C\C/C=C\C/C=C\C/C=C\C/C=C\C/C=C\C/C=C\C/C=C\CCCCCCC(=O)NC(COC1OC(CO)C(O)C(O)C1O)C(O)/C=C/CC/C=C/CCCCCCCCCCCCCCCCCCCCCCCCCCCC. The first kappa shape index (κ1) is 78.6. The fourth-order valence-corrected chi connectivity index (χ4v) is 10.4. The lowest BCUT2D eigenvalue weighted by atomic mass is 9.99. The van der Waals surface area contributed by atoms with E-state index in [2.05, 4.69) is 129 Å². The summed E-state index contributed by atoms with van der Waals surface area (Å²) in [5.41, 5.74) is 0. The van der Waals surface area contributed by atoms with Crippen LogP contribution in [0.2, 0.25) is 0 Å². The average molecular weight is 1170 g/mol. The van der Waals surface area contributed by atoms with Crippen LogP contribution in [0.1, 0.15) is 290 Å². The molecule has 84 heavy (non-hydrogen) atoms. The second-order valence-corrected chi connectivity index (χ2v) is 23.6. The van der Waals surface area contributed by atoms with Gasteiger partial charge in [0.05, 0.1) is 25.4 Å². The summed E-state index contributed by atoms with van der Waals surface area (Å²) < 4.78 is 11.3. The maximum absolute atomic E-state index is 13.1. The van der Waals surface area contributed by atoms with E-state index in [9.17, 15) is 30.3 Å². The highest BCUT2D eigenvalue weighted by Crippen LogP contribution is 2.23. The van der Waals surface area contributed by atoms with Gasteiger partial charge in [-0.25, -0.2) is 0 Å². The van der Waals surface area contributed by atoms with Gasteiger partial charge < -0.3 is 40.3 Å². The molecule has 0 aromatic heterocycles. The first-order valence-corrected chi connectivity index (χ1v) is 34.8. The number of ether oxygens (including phenoxy) is 2. The van der Waals surface area contributed by atoms with E-state index in [1.165, 1.54) is 167 Å². The Balaban J connectivity index is 2.21. The van der Waals surface area contributed by atoms with Crippen LogP contribution in [0.25, 0.3) is 0 Å². The number of aliphatic hydroxyl groups excluding tert-OH is 5. The highest BCUT2D eigenvalue weighted by Gasteiger charge is 2.44. The number of amides is 1. The van der Waals surface area contributed by atoms with Gasteiger partial charge in [0.15, 0.2) is 6.29 Å². The molecule has 0 bridgehead atoms. The fraction of sp³-hybridized carbons (Fsp3) is 0.720. The number of hydrogen-bond donors (Lipinski definition) is 6. The quantitative estimate of drug-likeness (QED) is 0.0261. The lowest BCUT2D eigenvalue weighted by Gasteiger charge is -2.40. The molecule has 1 saturated heterocycles. The molecule has 0 saturated carbocycles. The van der Waals surface area contributed by atoms with Crippen LogP contribution in [-0.2, 0) is 14.3 Å². The topological polar surface area (TPSA) is 149 Å². The van der Waals surface area contributed by atoms with Crippen LogP contribution < -0.4 is 5.32 Å². The largest absolute Gasteiger partial charge is 0.394 e. The van der Waals surface area contributed by atoms with E-state index in [1.54, 1.807) is 6.08 Å². The van der Waals surface area contributed by atoms with Crippen LogP contribution in [-0.4, -0.2) is 87.5 Å². The van der Waals surface area contributed by atoms with Gasteiger partial charge in [-0.15, -0.1) is 0 Å². The van der Waals surface area contributed by atoms with Gasteiger partial charge in [0, 0.05) is 6.42 Å². The molecule has 1 aliphatic rings. The average Bonchev–Trinajstić information content (AvgIpc) is 3.69. The van der Waals surface area contributed by atoms with Crippen LogP contribution in [0.15, 0.2) is 122 Å². The van der Waals surface area contributed by atoms with Crippen LogP contribution >= 0.6 is 0 Å². The van der Waals surface area contributed by atoms with Crippen molar-refractivity contribution in [1.82, 2.24) is 5.32 Å². The van der Waals surface area contributed by atoms with Crippen molar-refractivity contribution >= 4 is 5.91 Å². The predicted octanol–water partition coefficient (Wildman–Crippen LogP) is 19.0. The van der Waals surface area contributed by atoms with Crippen LogP contribution in [0.5, 0.6) is 0 Å². The number of aliphatic hydroxyl groups is 5. The summed E-state index contributed by atoms with van der Waals surface area (Å²) in [4.78, 5) is 13.1. The zero-order chi connectivity index (χ0) is 60.7. The van der Waals surface area contributed by atoms with Crippen molar-refractivity contribution in [2.45, 2.75) is 333 Å². The van der Waals surface area contributed by atoms with Crippen molar-refractivity contribution < 1.29 is 39.8 Å². The van der Waals surface area contributed by atoms with Gasteiger partial charge in [0.1, 0.15) is 24.4 Å². The molecule has 0 radical (unpaired) electrons. The smallest absolute Gasteiger partial charge is 0.220 e. The number of carbonyl (C=O) groups is 1. The summed E-state index contributed by atoms with van der Waals surface area (Å²) in [7, 11) is 0. The maximum Gasteiger partial charge on any atom is 0.220 e. The molecule has 1 rings (SSSR count). The van der Waals surface area contributed by atoms with E-state index in [4.69, 9.17) is 9.47 Å². The zero-order valence-corrected chi connectivity index (χ0v) is 53.9. The molecular formula is C75H129NO8. The van der Waals surface area contributed by atoms with Gasteiger partial charge in [-0.1, -0.05) is 309 Å². The monoisotopic (exact) mass is 1170 g/mol. The molecule has 9 heteroatoms. The Bertz CT molecular complexity index is 1740. The minimum absolute atomic E-state index is 0.213. The summed E-state index contributed by atoms with van der Waals surface area (Å²) in [6.07, 6.45) is 87.3. The number of allylic oxidation sites excluding steroid dienone is 19. The van der Waals surface area contributed by atoms with Crippen molar-refractivity contribution in [2.24, 2.45) is 0 Å². The van der Waals surface area contributed by atoms with E-state index in [0.717, 1.165) is 96.3 Å². The summed E-state index contributed by atoms with van der Waals surface area (Å²) in [5, 5.41) is 54.7. The Kier molecular flexibility index (Phi) is 58.6. The molecule has 1 aliphatic heterocycles. The third-order valence-corrected chi connectivity index (χ3v) is 15.8. The molecule has 9 nitrogen and oxygen atoms in total. The molecule has 7 atom stereocenters. The number of rotatable bonds is 59. The third-order valence-electron chi connectivity index (χ3n) is 15.8. The zero-order valence-electron chi connectivity index (χ0n) is 53.9. The maximum atomic E-state index is 13.1. The minimum atomic E-state index is -1.59. The van der Waals surface area contributed by atoms with E-state index in [1.807, 2.05) is 6.08 Å². The van der Waals surface area contributed by atoms with Crippen LogP contribution in [0.3, 0.4) is 0 Å². The van der Waals surface area contributed by atoms with Gasteiger partial charge in [-0.05, 0) is 96.3 Å². The van der Waals surface area contributed by atoms with Gasteiger partial charge in [0.25, 0.3) is 0 Å². The fourth-order valence-electron chi connectivity index (χ4n) is 10.4. The standard InChI is InChI=1S/C75H129NO8/c1-3-5-7-9-11-13-15-17-19-21-23-25-27-29-31-33-34-35-37-38-40-42-44-46-48-50-52-54-56-58-60-62-64-69(78)68(67-83-75-74(82)73(81)72(80)70(66-77)84-75)76-71(79)65-63-61-59-57-55-53-51-49-47-45-43-41-39-36-32-30-28-26-24-22-20-18-16-14-12-10-8-6-4-2/h6,8,12,14,18,20,24,26,30,32,39,41,45,47,51,53-54,56,62,64,68-70,72-75,77-78,80-82H,3-5,7,9-11,13,15-17,19,21-23,25,27-29,31,33-38,40,42-44,46,48-50,52,55,57-61,63,65-67H2,1-2H3,(H,76,79)/b8-6-,14-12-,20-18-,26-24-,32-30-,41-39-,47-45-,53-51-,56-54+,64-62+. The number of nitrogens with one attached hydrogen (secondary N) is 1. The highest BCUT2D eigenvalue weighted by atomic mass is 16.7. The molecule has 1 heterocycles. The molecule has 0 aliphatic carbocycles. The van der Waals surface area contributed by atoms with Crippen molar-refractivity contribution in [1.29, 1.82) is 0 Å². The van der Waals surface area contributed by atoms with Gasteiger partial charge in [0.2, 0.25) is 5.91 Å². The molecule has 482 valence electrons. The third kappa shape index (κ3) is 50.7. The summed E-state index contributed by atoms with van der Waals surface area (Å²) in [6.45, 7) is 3.65. The minimum Gasteiger partial charge on any atom is -0.394 e. The van der Waals surface area contributed by atoms with Crippen molar-refractivity contribution in [3.63, 3.8) is 0 Å². The molecule has 0 aromatic carbocycles. The Hall–Kier alpha value is -3.41. The Labute approximate surface area is 516 Å². The van der Waals surface area contributed by atoms with E-state index in [0.29, 0.717) is 12.8 Å². The van der Waals surface area contributed by atoms with E-state index in [-0.39, 0.29) is 12.5 Å². The molecule has 7 unspecified atom stereocenters. The molecule has 1 fully saturated rings. The molecule has 1 amide bonds. The molecular weight excluding hydrogens is 1040 g/mol. The second kappa shape index (κ2) is 62.6. The van der Waals surface area contributed by atoms with Crippen LogP contribution in [0, 0.1) is 0 Å². The highest BCUT2D eigenvalue weighted by molar-refractivity contribution is 5.76. The van der Waals surface area contributed by atoms with Crippen molar-refractivity contribution in [3.8, 4) is 0 Å². The molecule has 0 aromatic rings. The second-order valence-electron chi connectivity index (χ2n) is 23.6. The lowest BCUT2D eigenvalue weighted by Crippen LogP contribution is -2.60. The first-order valence-electron chi connectivity index (χ1n) is 34.8. The first-order chi connectivity index (χ1) is 41.3. The van der Waals surface area contributed by atoms with Crippen molar-refractivity contribution in [3.05, 3.63) is 122 Å². The van der Waals surface area contributed by atoms with Gasteiger partial charge in [-0.3, -0.25) is 4.79 Å². The van der Waals surface area contributed by atoms with Crippen molar-refractivity contribution in [2.75, 3.05) is 13.2 Å².